The van der Waals surface area contributed by atoms with Crippen LogP contribution in [-0.4, -0.2) is 22.2 Å². The summed E-state index contributed by atoms with van der Waals surface area (Å²) in [6.45, 7) is 2.66. The molecule has 1 fully saturated rings. The van der Waals surface area contributed by atoms with E-state index < -0.39 is 0 Å². The second-order valence-electron chi connectivity index (χ2n) is 6.98. The third-order valence-electron chi connectivity index (χ3n) is 5.35. The lowest BCUT2D eigenvalue weighted by Crippen LogP contribution is -2.52. The smallest absolute Gasteiger partial charge is 0.252 e. The summed E-state index contributed by atoms with van der Waals surface area (Å²) in [5.74, 6) is 0.473. The number of fused-ring (bicyclic) bond motifs is 1. The second-order valence-corrected chi connectivity index (χ2v) is 6.98. The highest BCUT2D eigenvalue weighted by atomic mass is 16.3. The van der Waals surface area contributed by atoms with E-state index in [2.05, 4.69) is 17.2 Å². The van der Waals surface area contributed by atoms with Gasteiger partial charge in [0.2, 0.25) is 0 Å². The fourth-order valence-corrected chi connectivity index (χ4v) is 3.69. The van der Waals surface area contributed by atoms with Crippen molar-refractivity contribution in [2.24, 2.45) is 5.92 Å². The zero-order chi connectivity index (χ0) is 16.3. The number of aromatic amines is 1. The van der Waals surface area contributed by atoms with Gasteiger partial charge in [0.25, 0.3) is 5.56 Å². The van der Waals surface area contributed by atoms with Gasteiger partial charge < -0.3 is 15.4 Å². The maximum Gasteiger partial charge on any atom is 0.252 e. The Morgan fingerprint density at radius 2 is 2.00 bits per heavy atom. The minimum atomic E-state index is -0.321. The standard InChI is InChI=1S/C19H26N2O2/c1-19(13-22,16-8-3-2-4-9-16)20-12-15-11-14-7-5-6-10-17(14)21-18(15)23/h5-7,10-11,16,20,22H,2-4,8-9,12-13H2,1H3,(H,21,23). The Morgan fingerprint density at radius 1 is 1.26 bits per heavy atom. The molecule has 1 aliphatic carbocycles. The van der Waals surface area contributed by atoms with Gasteiger partial charge in [-0.3, -0.25) is 4.79 Å². The van der Waals surface area contributed by atoms with Gasteiger partial charge in [-0.05, 0) is 43.2 Å². The summed E-state index contributed by atoms with van der Waals surface area (Å²) < 4.78 is 0. The van der Waals surface area contributed by atoms with E-state index in [9.17, 15) is 9.90 Å². The monoisotopic (exact) mass is 314 g/mol. The molecule has 3 rings (SSSR count). The van der Waals surface area contributed by atoms with E-state index in [-0.39, 0.29) is 17.7 Å². The molecule has 1 saturated carbocycles. The van der Waals surface area contributed by atoms with Crippen molar-refractivity contribution in [1.29, 1.82) is 0 Å². The van der Waals surface area contributed by atoms with Crippen molar-refractivity contribution in [3.8, 4) is 0 Å². The number of hydrogen-bond acceptors (Lipinski definition) is 3. The summed E-state index contributed by atoms with van der Waals surface area (Å²) in [4.78, 5) is 15.2. The number of para-hydroxylation sites is 1. The molecular weight excluding hydrogens is 288 g/mol. The summed E-state index contributed by atoms with van der Waals surface area (Å²) in [5, 5.41) is 14.4. The quantitative estimate of drug-likeness (QED) is 0.795. The van der Waals surface area contributed by atoms with Gasteiger partial charge in [0.1, 0.15) is 0 Å². The lowest BCUT2D eigenvalue weighted by Gasteiger charge is -2.39. The topological polar surface area (TPSA) is 65.1 Å². The summed E-state index contributed by atoms with van der Waals surface area (Å²) in [7, 11) is 0. The minimum Gasteiger partial charge on any atom is -0.394 e. The fourth-order valence-electron chi connectivity index (χ4n) is 3.69. The average Bonchev–Trinajstić information content (AvgIpc) is 2.60. The summed E-state index contributed by atoms with van der Waals surface area (Å²) >= 11 is 0. The Kier molecular flexibility index (Phi) is 4.83. The number of aliphatic hydroxyl groups is 1. The predicted octanol–water partition coefficient (Wildman–Crippen LogP) is 2.95. The maximum atomic E-state index is 12.3. The van der Waals surface area contributed by atoms with Gasteiger partial charge in [0.15, 0.2) is 0 Å². The van der Waals surface area contributed by atoms with Gasteiger partial charge in [-0.1, -0.05) is 37.5 Å². The third-order valence-corrected chi connectivity index (χ3v) is 5.35. The second kappa shape index (κ2) is 6.85. The average molecular weight is 314 g/mol. The van der Waals surface area contributed by atoms with Gasteiger partial charge in [0, 0.05) is 23.2 Å². The molecular formula is C19H26N2O2. The lowest BCUT2D eigenvalue weighted by molar-refractivity contribution is 0.0936. The van der Waals surface area contributed by atoms with Gasteiger partial charge in [-0.15, -0.1) is 0 Å². The van der Waals surface area contributed by atoms with E-state index in [1.165, 1.54) is 19.3 Å². The van der Waals surface area contributed by atoms with Crippen molar-refractivity contribution >= 4 is 10.9 Å². The van der Waals surface area contributed by atoms with E-state index in [4.69, 9.17) is 0 Å². The molecule has 0 bridgehead atoms. The molecule has 3 N–H and O–H groups in total. The maximum absolute atomic E-state index is 12.3. The summed E-state index contributed by atoms with van der Waals surface area (Å²) in [6.07, 6.45) is 6.07. The van der Waals surface area contributed by atoms with Crippen LogP contribution in [0.25, 0.3) is 10.9 Å². The number of rotatable bonds is 5. The van der Waals surface area contributed by atoms with Crippen LogP contribution in [0.4, 0.5) is 0 Å². The van der Waals surface area contributed by atoms with Crippen LogP contribution in [0.15, 0.2) is 35.1 Å². The molecule has 23 heavy (non-hydrogen) atoms. The molecule has 0 amide bonds. The zero-order valence-corrected chi connectivity index (χ0v) is 13.8. The number of pyridine rings is 1. The normalized spacial score (nSPS) is 18.9. The molecule has 4 nitrogen and oxygen atoms in total. The largest absolute Gasteiger partial charge is 0.394 e. The Morgan fingerprint density at radius 3 is 2.74 bits per heavy atom. The van der Waals surface area contributed by atoms with E-state index >= 15 is 0 Å². The van der Waals surface area contributed by atoms with Crippen molar-refractivity contribution in [3.63, 3.8) is 0 Å². The summed E-state index contributed by atoms with van der Waals surface area (Å²) in [6, 6.07) is 9.74. The van der Waals surface area contributed by atoms with Crippen molar-refractivity contribution in [1.82, 2.24) is 10.3 Å². The first-order chi connectivity index (χ1) is 11.1. The Balaban J connectivity index is 1.78. The molecule has 1 heterocycles. The SMILES string of the molecule is CC(CO)(NCc1cc2ccccc2[nH]c1=O)C1CCCCC1. The molecule has 1 aliphatic rings. The van der Waals surface area contributed by atoms with Crippen LogP contribution >= 0.6 is 0 Å². The Hall–Kier alpha value is -1.65. The van der Waals surface area contributed by atoms with E-state index in [1.54, 1.807) is 0 Å². The molecule has 1 atom stereocenters. The highest BCUT2D eigenvalue weighted by molar-refractivity contribution is 5.78. The number of hydrogen-bond donors (Lipinski definition) is 3. The molecule has 124 valence electrons. The number of aromatic nitrogens is 1. The van der Waals surface area contributed by atoms with Crippen LogP contribution in [0.3, 0.4) is 0 Å². The molecule has 0 radical (unpaired) electrons. The van der Waals surface area contributed by atoms with Gasteiger partial charge in [0.05, 0.1) is 6.61 Å². The van der Waals surface area contributed by atoms with Crippen LogP contribution in [0, 0.1) is 5.92 Å². The number of aliphatic hydroxyl groups excluding tert-OH is 1. The number of H-pyrrole nitrogens is 1. The Bertz CT molecular complexity index is 719. The molecule has 1 unspecified atom stereocenters. The van der Waals surface area contributed by atoms with E-state index in [0.717, 1.165) is 29.3 Å². The van der Waals surface area contributed by atoms with Crippen molar-refractivity contribution in [2.75, 3.05) is 6.61 Å². The van der Waals surface area contributed by atoms with Crippen molar-refractivity contribution in [2.45, 2.75) is 51.1 Å². The first-order valence-electron chi connectivity index (χ1n) is 8.59. The van der Waals surface area contributed by atoms with Crippen LogP contribution in [-0.2, 0) is 6.54 Å². The summed E-state index contributed by atoms with van der Waals surface area (Å²) in [5.41, 5.74) is 1.20. The van der Waals surface area contributed by atoms with Gasteiger partial charge in [-0.25, -0.2) is 0 Å². The molecule has 1 aromatic heterocycles. The molecule has 0 aliphatic heterocycles. The van der Waals surface area contributed by atoms with Crippen LogP contribution in [0.2, 0.25) is 0 Å². The first-order valence-corrected chi connectivity index (χ1v) is 8.59. The molecule has 0 saturated heterocycles. The van der Waals surface area contributed by atoms with Crippen molar-refractivity contribution in [3.05, 3.63) is 46.2 Å². The first kappa shape index (κ1) is 16.2. The molecule has 0 spiro atoms. The lowest BCUT2D eigenvalue weighted by atomic mass is 9.76. The zero-order valence-electron chi connectivity index (χ0n) is 13.8. The minimum absolute atomic E-state index is 0.0554. The number of nitrogens with one attached hydrogen (secondary N) is 2. The Labute approximate surface area is 136 Å². The fraction of sp³-hybridized carbons (Fsp3) is 0.526. The van der Waals surface area contributed by atoms with E-state index in [0.29, 0.717) is 12.5 Å². The number of benzene rings is 1. The van der Waals surface area contributed by atoms with Crippen LogP contribution in [0.1, 0.15) is 44.6 Å². The molecule has 2 aromatic rings. The highest BCUT2D eigenvalue weighted by Gasteiger charge is 2.34. The predicted molar refractivity (Wildman–Crippen MR) is 93.5 cm³/mol. The van der Waals surface area contributed by atoms with E-state index in [1.807, 2.05) is 30.3 Å². The van der Waals surface area contributed by atoms with Crippen LogP contribution < -0.4 is 10.9 Å². The third kappa shape index (κ3) is 3.48. The molecule has 4 heteroatoms. The van der Waals surface area contributed by atoms with Crippen LogP contribution in [0.5, 0.6) is 0 Å². The molecule has 1 aromatic carbocycles. The van der Waals surface area contributed by atoms with Gasteiger partial charge >= 0.3 is 0 Å². The van der Waals surface area contributed by atoms with Crippen molar-refractivity contribution < 1.29 is 5.11 Å². The highest BCUT2D eigenvalue weighted by Crippen LogP contribution is 2.32. The van der Waals surface area contributed by atoms with Gasteiger partial charge in [-0.2, -0.15) is 0 Å².